The van der Waals surface area contributed by atoms with Gasteiger partial charge in [-0.05, 0) is 18.4 Å². The predicted molar refractivity (Wildman–Crippen MR) is 103 cm³/mol. The zero-order chi connectivity index (χ0) is 18.3. The number of oxazole rings is 1. The van der Waals surface area contributed by atoms with E-state index in [1.54, 1.807) is 11.3 Å². The summed E-state index contributed by atoms with van der Waals surface area (Å²) in [6.07, 6.45) is 2.96. The molecule has 0 aromatic carbocycles. The molecule has 3 aromatic heterocycles. The Morgan fingerprint density at radius 1 is 1.27 bits per heavy atom. The predicted octanol–water partition coefficient (Wildman–Crippen LogP) is 4.36. The average molecular weight is 369 g/mol. The number of rotatable bonds is 3. The molecule has 6 heteroatoms. The number of aryl methyl sites for hydroxylation is 1. The number of aromatic nitrogens is 3. The minimum absolute atomic E-state index is 0.0117. The fourth-order valence-corrected chi connectivity index (χ4v) is 3.81. The first-order valence-electron chi connectivity index (χ1n) is 8.98. The largest absolute Gasteiger partial charge is 0.440 e. The molecule has 4 heterocycles. The summed E-state index contributed by atoms with van der Waals surface area (Å²) in [6, 6.07) is 4.06. The average Bonchev–Trinajstić information content (AvgIpc) is 3.24. The highest BCUT2D eigenvalue weighted by atomic mass is 32.1. The number of nitrogens with zero attached hydrogens (tertiary/aromatic N) is 4. The third-order valence-electron chi connectivity index (χ3n) is 4.68. The zero-order valence-corrected chi connectivity index (χ0v) is 16.6. The van der Waals surface area contributed by atoms with Crippen molar-refractivity contribution in [3.8, 4) is 10.8 Å². The van der Waals surface area contributed by atoms with Crippen LogP contribution in [0.1, 0.15) is 49.3 Å². The Bertz CT molecular complexity index is 909. The summed E-state index contributed by atoms with van der Waals surface area (Å²) in [7, 11) is 0. The molecule has 0 bridgehead atoms. The number of fused-ring (bicyclic) bond motifs is 1. The molecule has 0 radical (unpaired) electrons. The standard InChI is InChI=1S/C20H24N4OS/c1-13-16(22-18(25-13)17-6-5-9-26-17)12-24-8-7-15-14(11-24)10-21-19(23-15)20(2,3)4/h5-6,9-10H,7-8,11-12H2,1-4H3. The van der Waals surface area contributed by atoms with Crippen LogP contribution in [0.2, 0.25) is 0 Å². The van der Waals surface area contributed by atoms with Crippen LogP contribution in [0.3, 0.4) is 0 Å². The number of thiophene rings is 1. The van der Waals surface area contributed by atoms with Crippen LogP contribution in [-0.4, -0.2) is 26.4 Å². The van der Waals surface area contributed by atoms with Gasteiger partial charge in [-0.1, -0.05) is 26.8 Å². The van der Waals surface area contributed by atoms with Gasteiger partial charge in [0.2, 0.25) is 5.89 Å². The van der Waals surface area contributed by atoms with Gasteiger partial charge in [0, 0.05) is 48.9 Å². The Morgan fingerprint density at radius 2 is 2.12 bits per heavy atom. The normalized spacial score (nSPS) is 15.2. The lowest BCUT2D eigenvalue weighted by Crippen LogP contribution is -2.32. The second kappa shape index (κ2) is 6.59. The number of hydrogen-bond acceptors (Lipinski definition) is 6. The summed E-state index contributed by atoms with van der Waals surface area (Å²) in [4.78, 5) is 17.6. The SMILES string of the molecule is Cc1oc(-c2cccs2)nc1CN1CCc2nc(C(C)(C)C)ncc2C1. The molecule has 1 aliphatic heterocycles. The minimum Gasteiger partial charge on any atom is -0.440 e. The summed E-state index contributed by atoms with van der Waals surface area (Å²) in [5.41, 5.74) is 3.42. The fourth-order valence-electron chi connectivity index (χ4n) is 3.16. The molecule has 4 rings (SSSR count). The molecule has 0 fully saturated rings. The first-order chi connectivity index (χ1) is 12.4. The Balaban J connectivity index is 1.50. The molecular weight excluding hydrogens is 344 g/mol. The molecule has 0 atom stereocenters. The molecule has 0 N–H and O–H groups in total. The first kappa shape index (κ1) is 17.4. The Labute approximate surface area is 158 Å². The van der Waals surface area contributed by atoms with E-state index in [9.17, 15) is 0 Å². The van der Waals surface area contributed by atoms with E-state index in [0.29, 0.717) is 0 Å². The van der Waals surface area contributed by atoms with Gasteiger partial charge in [0.25, 0.3) is 0 Å². The van der Waals surface area contributed by atoms with E-state index in [-0.39, 0.29) is 5.41 Å². The second-order valence-electron chi connectivity index (χ2n) is 7.88. The van der Waals surface area contributed by atoms with Crippen LogP contribution < -0.4 is 0 Å². The highest BCUT2D eigenvalue weighted by Gasteiger charge is 2.24. The minimum atomic E-state index is -0.0117. The van der Waals surface area contributed by atoms with Gasteiger partial charge in [0.15, 0.2) is 0 Å². The summed E-state index contributed by atoms with van der Waals surface area (Å²) in [6.45, 7) is 11.1. The highest BCUT2D eigenvalue weighted by Crippen LogP contribution is 2.28. The highest BCUT2D eigenvalue weighted by molar-refractivity contribution is 7.13. The molecule has 136 valence electrons. The van der Waals surface area contributed by atoms with E-state index in [0.717, 1.165) is 54.1 Å². The maximum Gasteiger partial charge on any atom is 0.236 e. The van der Waals surface area contributed by atoms with Crippen LogP contribution in [0.25, 0.3) is 10.8 Å². The molecule has 0 amide bonds. The van der Waals surface area contributed by atoms with Crippen LogP contribution in [0.15, 0.2) is 28.1 Å². The van der Waals surface area contributed by atoms with Crippen molar-refractivity contribution in [3.63, 3.8) is 0 Å². The van der Waals surface area contributed by atoms with E-state index < -0.39 is 0 Å². The Hall–Kier alpha value is -2.05. The molecule has 0 spiro atoms. The summed E-state index contributed by atoms with van der Waals surface area (Å²) >= 11 is 1.65. The monoisotopic (exact) mass is 368 g/mol. The summed E-state index contributed by atoms with van der Waals surface area (Å²) in [5, 5.41) is 2.04. The maximum absolute atomic E-state index is 5.87. The van der Waals surface area contributed by atoms with E-state index in [2.05, 4.69) is 30.7 Å². The lowest BCUT2D eigenvalue weighted by Gasteiger charge is -2.28. The molecule has 3 aromatic rings. The van der Waals surface area contributed by atoms with Gasteiger partial charge in [-0.25, -0.2) is 15.0 Å². The van der Waals surface area contributed by atoms with Gasteiger partial charge in [0.1, 0.15) is 11.6 Å². The quantitative estimate of drug-likeness (QED) is 0.688. The van der Waals surface area contributed by atoms with Gasteiger partial charge in [-0.15, -0.1) is 11.3 Å². The van der Waals surface area contributed by atoms with Crippen molar-refractivity contribution in [2.45, 2.75) is 52.6 Å². The lowest BCUT2D eigenvalue weighted by molar-refractivity contribution is 0.238. The van der Waals surface area contributed by atoms with E-state index in [1.165, 1.54) is 11.3 Å². The summed E-state index contributed by atoms with van der Waals surface area (Å²) < 4.78 is 5.87. The van der Waals surface area contributed by atoms with E-state index in [4.69, 9.17) is 14.4 Å². The van der Waals surface area contributed by atoms with Crippen molar-refractivity contribution in [1.82, 2.24) is 19.9 Å². The Morgan fingerprint density at radius 3 is 2.85 bits per heavy atom. The number of hydrogen-bond donors (Lipinski definition) is 0. The van der Waals surface area contributed by atoms with Crippen molar-refractivity contribution in [2.75, 3.05) is 6.54 Å². The molecule has 26 heavy (non-hydrogen) atoms. The molecule has 5 nitrogen and oxygen atoms in total. The van der Waals surface area contributed by atoms with E-state index >= 15 is 0 Å². The van der Waals surface area contributed by atoms with Crippen molar-refractivity contribution >= 4 is 11.3 Å². The molecule has 0 saturated carbocycles. The van der Waals surface area contributed by atoms with Crippen LogP contribution in [0.4, 0.5) is 0 Å². The van der Waals surface area contributed by atoms with E-state index in [1.807, 2.05) is 30.6 Å². The fraction of sp³-hybridized carbons (Fsp3) is 0.450. The van der Waals surface area contributed by atoms with Crippen LogP contribution in [0.5, 0.6) is 0 Å². The Kier molecular flexibility index (Phi) is 4.40. The van der Waals surface area contributed by atoms with Gasteiger partial charge >= 0.3 is 0 Å². The lowest BCUT2D eigenvalue weighted by atomic mass is 9.95. The molecule has 0 saturated heterocycles. The van der Waals surface area contributed by atoms with Crippen molar-refractivity contribution in [3.05, 3.63) is 52.2 Å². The smallest absolute Gasteiger partial charge is 0.236 e. The zero-order valence-electron chi connectivity index (χ0n) is 15.7. The van der Waals surface area contributed by atoms with Gasteiger partial charge in [0.05, 0.1) is 10.6 Å². The van der Waals surface area contributed by atoms with Gasteiger partial charge in [-0.2, -0.15) is 0 Å². The molecule has 0 unspecified atom stereocenters. The topological polar surface area (TPSA) is 55.1 Å². The maximum atomic E-state index is 5.87. The molecule has 1 aliphatic rings. The van der Waals surface area contributed by atoms with Gasteiger partial charge in [-0.3, -0.25) is 4.90 Å². The molecular formula is C20H24N4OS. The third kappa shape index (κ3) is 3.44. The van der Waals surface area contributed by atoms with Gasteiger partial charge < -0.3 is 4.42 Å². The van der Waals surface area contributed by atoms with Crippen LogP contribution in [0, 0.1) is 6.92 Å². The summed E-state index contributed by atoms with van der Waals surface area (Å²) in [5.74, 6) is 2.55. The van der Waals surface area contributed by atoms with Crippen molar-refractivity contribution in [2.24, 2.45) is 0 Å². The van der Waals surface area contributed by atoms with Crippen LogP contribution in [-0.2, 0) is 24.9 Å². The van der Waals surface area contributed by atoms with Crippen molar-refractivity contribution in [1.29, 1.82) is 0 Å². The first-order valence-corrected chi connectivity index (χ1v) is 9.86. The van der Waals surface area contributed by atoms with Crippen LogP contribution >= 0.6 is 11.3 Å². The molecule has 0 aliphatic carbocycles. The van der Waals surface area contributed by atoms with Crippen molar-refractivity contribution < 1.29 is 4.42 Å². The third-order valence-corrected chi connectivity index (χ3v) is 5.54. The second-order valence-corrected chi connectivity index (χ2v) is 8.82.